The summed E-state index contributed by atoms with van der Waals surface area (Å²) in [7, 11) is -4.43. The number of rotatable bonds is 53. The first kappa shape index (κ1) is 65.0. The van der Waals surface area contributed by atoms with Gasteiger partial charge in [-0.3, -0.25) is 18.6 Å². The molecule has 3 N–H and O–H groups in total. The van der Waals surface area contributed by atoms with Gasteiger partial charge >= 0.3 is 13.8 Å². The molecule has 10 heteroatoms. The third-order valence-corrected chi connectivity index (χ3v) is 13.2. The monoisotopic (exact) mass is 964 g/mol. The molecule has 0 heterocycles. The fraction of sp³-hybridized carbons (Fsp3) is 0.825. The fourth-order valence-corrected chi connectivity index (χ4v) is 8.77. The van der Waals surface area contributed by atoms with Gasteiger partial charge in [-0.2, -0.15) is 0 Å². The number of carbonyl (C=O) groups excluding carboxylic acids is 2. The van der Waals surface area contributed by atoms with Crippen LogP contribution in [0.1, 0.15) is 271 Å². The molecule has 0 fully saturated rings. The molecule has 0 aliphatic rings. The number of hydrogen-bond acceptors (Lipinski definition) is 7. The van der Waals surface area contributed by atoms with Crippen molar-refractivity contribution >= 4 is 19.7 Å². The van der Waals surface area contributed by atoms with Crippen molar-refractivity contribution in [1.29, 1.82) is 0 Å². The first-order chi connectivity index (χ1) is 32.8. The lowest BCUT2D eigenvalue weighted by Crippen LogP contribution is -2.27. The van der Waals surface area contributed by atoms with Gasteiger partial charge < -0.3 is 20.1 Å². The first-order valence-electron chi connectivity index (χ1n) is 28.1. The average Bonchev–Trinajstić information content (AvgIpc) is 3.32. The SMILES string of the molecule is CCCCC/C=C\C/C=C\C/C=C\C/C=C\CCCCCCCCCC(=O)NCCOP(=O)(O)OCC(O)COC(=O)CCCCCCCCCCCCCCCCCCCCCCCCC. The van der Waals surface area contributed by atoms with E-state index in [4.69, 9.17) is 13.8 Å². The van der Waals surface area contributed by atoms with E-state index in [-0.39, 0.29) is 32.1 Å². The molecule has 0 radical (unpaired) electrons. The largest absolute Gasteiger partial charge is 0.472 e. The highest BCUT2D eigenvalue weighted by Crippen LogP contribution is 2.42. The number of aliphatic hydroxyl groups is 1. The number of phosphoric ester groups is 1. The molecule has 0 aliphatic carbocycles. The topological polar surface area (TPSA) is 131 Å². The fourth-order valence-electron chi connectivity index (χ4n) is 8.01. The molecule has 0 spiro atoms. The standard InChI is InChI=1S/C57H106NO8P/c1-3-5-7-9-11-13-15-17-19-21-23-25-27-29-31-33-35-37-39-41-43-45-47-49-56(60)58-51-52-65-67(62,63)66-54-55(59)53-64-57(61)50-48-46-44-42-40-38-36-34-32-30-28-26-24-22-20-18-16-14-12-10-8-6-4-2/h11,13,17,19,23,25,29,31,55,59H,3-10,12,14-16,18,20-22,24,26-28,30,32-54H2,1-2H3,(H,58,60)(H,62,63)/b13-11-,19-17-,25-23-,31-29-. The van der Waals surface area contributed by atoms with Gasteiger partial charge in [0.25, 0.3) is 0 Å². The van der Waals surface area contributed by atoms with E-state index in [1.54, 1.807) is 0 Å². The van der Waals surface area contributed by atoms with E-state index in [0.29, 0.717) is 6.42 Å². The molecule has 9 nitrogen and oxygen atoms in total. The summed E-state index contributed by atoms with van der Waals surface area (Å²) in [6, 6.07) is 0. The van der Waals surface area contributed by atoms with Crippen molar-refractivity contribution in [3.8, 4) is 0 Å². The van der Waals surface area contributed by atoms with Crippen LogP contribution in [0.4, 0.5) is 0 Å². The summed E-state index contributed by atoms with van der Waals surface area (Å²) in [5.74, 6) is -0.518. The number of amides is 1. The number of unbranched alkanes of at least 4 members (excludes halogenated alkanes) is 32. The molecule has 0 aliphatic heterocycles. The van der Waals surface area contributed by atoms with E-state index in [9.17, 15) is 24.2 Å². The molecule has 0 aromatic rings. The average molecular weight is 964 g/mol. The lowest BCUT2D eigenvalue weighted by molar-refractivity contribution is -0.147. The Morgan fingerprint density at radius 2 is 0.806 bits per heavy atom. The Morgan fingerprint density at radius 3 is 1.24 bits per heavy atom. The molecular weight excluding hydrogens is 858 g/mol. The molecule has 0 aromatic heterocycles. The van der Waals surface area contributed by atoms with Crippen molar-refractivity contribution in [2.45, 2.75) is 277 Å². The van der Waals surface area contributed by atoms with E-state index in [1.165, 1.54) is 180 Å². The third-order valence-electron chi connectivity index (χ3n) is 12.3. The van der Waals surface area contributed by atoms with Gasteiger partial charge in [0.05, 0.1) is 13.2 Å². The van der Waals surface area contributed by atoms with Gasteiger partial charge in [0.1, 0.15) is 12.7 Å². The number of hydrogen-bond donors (Lipinski definition) is 3. The predicted octanol–water partition coefficient (Wildman–Crippen LogP) is 17.0. The molecule has 2 atom stereocenters. The number of ether oxygens (including phenoxy) is 1. The summed E-state index contributed by atoms with van der Waals surface area (Å²) in [5, 5.41) is 12.8. The molecule has 392 valence electrons. The zero-order valence-corrected chi connectivity index (χ0v) is 44.5. The summed E-state index contributed by atoms with van der Waals surface area (Å²) >= 11 is 0. The second-order valence-electron chi connectivity index (χ2n) is 18.9. The van der Waals surface area contributed by atoms with Crippen molar-refractivity contribution in [3.05, 3.63) is 48.6 Å². The van der Waals surface area contributed by atoms with Gasteiger partial charge in [-0.15, -0.1) is 0 Å². The summed E-state index contributed by atoms with van der Waals surface area (Å²) in [5.41, 5.74) is 0. The van der Waals surface area contributed by atoms with Crippen molar-refractivity contribution < 1.29 is 37.9 Å². The highest BCUT2D eigenvalue weighted by Gasteiger charge is 2.23. The Kier molecular flexibility index (Phi) is 51.7. The Labute approximate surface area is 413 Å². The molecule has 0 rings (SSSR count). The van der Waals surface area contributed by atoms with Crippen LogP contribution in [0.3, 0.4) is 0 Å². The van der Waals surface area contributed by atoms with Gasteiger partial charge in [0.15, 0.2) is 0 Å². The van der Waals surface area contributed by atoms with E-state index in [2.05, 4.69) is 67.8 Å². The van der Waals surface area contributed by atoms with Gasteiger partial charge in [-0.05, 0) is 57.8 Å². The number of carbonyl (C=O) groups is 2. The van der Waals surface area contributed by atoms with Crippen LogP contribution in [0.2, 0.25) is 0 Å². The Morgan fingerprint density at radius 1 is 0.463 bits per heavy atom. The number of esters is 1. The van der Waals surface area contributed by atoms with Crippen LogP contribution in [0.25, 0.3) is 0 Å². The molecule has 0 aromatic carbocycles. The molecular formula is C57H106NO8P. The van der Waals surface area contributed by atoms with Crippen LogP contribution < -0.4 is 5.32 Å². The van der Waals surface area contributed by atoms with Crippen molar-refractivity contribution in [1.82, 2.24) is 5.32 Å². The van der Waals surface area contributed by atoms with Crippen LogP contribution in [-0.4, -0.2) is 54.3 Å². The molecule has 67 heavy (non-hydrogen) atoms. The number of phosphoric acid groups is 1. The number of aliphatic hydroxyl groups excluding tert-OH is 1. The molecule has 0 bridgehead atoms. The summed E-state index contributed by atoms with van der Waals surface area (Å²) < 4.78 is 27.1. The zero-order chi connectivity index (χ0) is 48.8. The maximum Gasteiger partial charge on any atom is 0.472 e. The van der Waals surface area contributed by atoms with Crippen LogP contribution in [-0.2, 0) is 27.9 Å². The smallest absolute Gasteiger partial charge is 0.463 e. The van der Waals surface area contributed by atoms with Crippen LogP contribution in [0, 0.1) is 0 Å². The van der Waals surface area contributed by atoms with Crippen LogP contribution in [0.5, 0.6) is 0 Å². The highest BCUT2D eigenvalue weighted by molar-refractivity contribution is 7.47. The molecule has 0 saturated carbocycles. The second-order valence-corrected chi connectivity index (χ2v) is 20.4. The van der Waals surface area contributed by atoms with Crippen molar-refractivity contribution in [2.24, 2.45) is 0 Å². The summed E-state index contributed by atoms with van der Waals surface area (Å²) in [4.78, 5) is 34.2. The zero-order valence-electron chi connectivity index (χ0n) is 43.6. The summed E-state index contributed by atoms with van der Waals surface area (Å²) in [6.45, 7) is 3.56. The number of allylic oxidation sites excluding steroid dienone is 8. The lowest BCUT2D eigenvalue weighted by atomic mass is 10.0. The van der Waals surface area contributed by atoms with E-state index in [0.717, 1.165) is 64.2 Å². The van der Waals surface area contributed by atoms with Crippen LogP contribution >= 0.6 is 7.82 Å². The quantitative estimate of drug-likeness (QED) is 0.0238. The Bertz CT molecular complexity index is 1240. The van der Waals surface area contributed by atoms with Crippen molar-refractivity contribution in [2.75, 3.05) is 26.4 Å². The normalized spacial score (nSPS) is 13.4. The maximum absolute atomic E-state index is 12.2. The lowest BCUT2D eigenvalue weighted by Gasteiger charge is -2.15. The Hall–Kier alpha value is -2.03. The Balaban J connectivity index is 3.54. The predicted molar refractivity (Wildman–Crippen MR) is 284 cm³/mol. The van der Waals surface area contributed by atoms with E-state index in [1.807, 2.05) is 0 Å². The maximum atomic E-state index is 12.2. The number of nitrogens with one attached hydrogen (secondary N) is 1. The minimum Gasteiger partial charge on any atom is -0.463 e. The molecule has 1 amide bonds. The minimum atomic E-state index is -4.43. The van der Waals surface area contributed by atoms with E-state index >= 15 is 0 Å². The van der Waals surface area contributed by atoms with Crippen LogP contribution in [0.15, 0.2) is 48.6 Å². The third kappa shape index (κ3) is 54.8. The molecule has 0 saturated heterocycles. The van der Waals surface area contributed by atoms with E-state index < -0.39 is 26.5 Å². The second kappa shape index (κ2) is 53.3. The first-order valence-corrected chi connectivity index (χ1v) is 29.6. The summed E-state index contributed by atoms with van der Waals surface area (Å²) in [6.07, 6.45) is 64.9. The van der Waals surface area contributed by atoms with Gasteiger partial charge in [0, 0.05) is 19.4 Å². The molecule has 2 unspecified atom stereocenters. The van der Waals surface area contributed by atoms with Gasteiger partial charge in [-0.25, -0.2) is 4.57 Å². The van der Waals surface area contributed by atoms with Gasteiger partial charge in [0.2, 0.25) is 5.91 Å². The van der Waals surface area contributed by atoms with Crippen molar-refractivity contribution in [3.63, 3.8) is 0 Å². The highest BCUT2D eigenvalue weighted by atomic mass is 31.2. The minimum absolute atomic E-state index is 0.0753. The van der Waals surface area contributed by atoms with Gasteiger partial charge in [-0.1, -0.05) is 249 Å².